The average Bonchev–Trinajstić information content (AvgIpc) is 2.76. The highest BCUT2D eigenvalue weighted by atomic mass is 79.9. The van der Waals surface area contributed by atoms with Gasteiger partial charge in [0.05, 0.1) is 12.3 Å². The molecule has 0 fully saturated rings. The summed E-state index contributed by atoms with van der Waals surface area (Å²) in [4.78, 5) is 0. The van der Waals surface area contributed by atoms with Gasteiger partial charge in [0.25, 0.3) is 0 Å². The van der Waals surface area contributed by atoms with Crippen molar-refractivity contribution in [1.29, 1.82) is 0 Å². The van der Waals surface area contributed by atoms with Crippen LogP contribution in [0.25, 0.3) is 0 Å². The molecule has 0 bridgehead atoms. The molecule has 0 saturated carbocycles. The average molecular weight is 349 g/mol. The topological polar surface area (TPSA) is 25.2 Å². The lowest BCUT2D eigenvalue weighted by molar-refractivity contribution is 0.526. The first kappa shape index (κ1) is 13.9. The highest BCUT2D eigenvalue weighted by Crippen LogP contribution is 2.34. The predicted octanol–water partition coefficient (Wildman–Crippen LogP) is 5.05. The SMILES string of the molecule is CCNC(c1cc(Cl)ccc1Cl)c1ccoc1Br. The molecule has 0 saturated heterocycles. The first-order chi connectivity index (χ1) is 8.63. The summed E-state index contributed by atoms with van der Waals surface area (Å²) in [5, 5.41) is 4.72. The summed E-state index contributed by atoms with van der Waals surface area (Å²) in [6.07, 6.45) is 1.64. The molecular formula is C13H12BrCl2NO. The molecule has 1 N–H and O–H groups in total. The summed E-state index contributed by atoms with van der Waals surface area (Å²) in [7, 11) is 0. The minimum atomic E-state index is -0.0469. The third-order valence-electron chi connectivity index (χ3n) is 2.63. The normalized spacial score (nSPS) is 12.7. The van der Waals surface area contributed by atoms with Crippen LogP contribution < -0.4 is 5.32 Å². The van der Waals surface area contributed by atoms with Gasteiger partial charge in [-0.1, -0.05) is 30.1 Å². The standard InChI is InChI=1S/C13H12BrCl2NO/c1-2-17-12(9-5-6-18-13(9)14)10-7-8(15)3-4-11(10)16/h3-7,12,17H,2H2,1H3. The fourth-order valence-corrected chi connectivity index (χ4v) is 2.71. The highest BCUT2D eigenvalue weighted by Gasteiger charge is 2.20. The number of hydrogen-bond donors (Lipinski definition) is 1. The monoisotopic (exact) mass is 347 g/mol. The lowest BCUT2D eigenvalue weighted by Crippen LogP contribution is -2.22. The van der Waals surface area contributed by atoms with Gasteiger partial charge in [-0.05, 0) is 52.3 Å². The molecule has 0 aliphatic heterocycles. The van der Waals surface area contributed by atoms with E-state index in [0.717, 1.165) is 17.7 Å². The molecule has 1 heterocycles. The van der Waals surface area contributed by atoms with Gasteiger partial charge < -0.3 is 9.73 Å². The molecule has 0 amide bonds. The quantitative estimate of drug-likeness (QED) is 0.836. The van der Waals surface area contributed by atoms with Gasteiger partial charge in [0.1, 0.15) is 0 Å². The largest absolute Gasteiger partial charge is 0.457 e. The van der Waals surface area contributed by atoms with Crippen LogP contribution in [0, 0.1) is 0 Å². The van der Waals surface area contributed by atoms with Crippen molar-refractivity contribution in [3.05, 3.63) is 56.4 Å². The van der Waals surface area contributed by atoms with Crippen molar-refractivity contribution in [2.24, 2.45) is 0 Å². The van der Waals surface area contributed by atoms with E-state index in [-0.39, 0.29) is 6.04 Å². The first-order valence-electron chi connectivity index (χ1n) is 5.54. The van der Waals surface area contributed by atoms with Gasteiger partial charge in [0, 0.05) is 15.6 Å². The van der Waals surface area contributed by atoms with Crippen LogP contribution in [0.2, 0.25) is 10.0 Å². The van der Waals surface area contributed by atoms with Crippen LogP contribution in [-0.2, 0) is 0 Å². The molecule has 5 heteroatoms. The van der Waals surface area contributed by atoms with Crippen molar-refractivity contribution in [3.8, 4) is 0 Å². The van der Waals surface area contributed by atoms with Crippen LogP contribution in [0.1, 0.15) is 24.1 Å². The zero-order chi connectivity index (χ0) is 13.1. The minimum Gasteiger partial charge on any atom is -0.457 e. The van der Waals surface area contributed by atoms with Crippen LogP contribution in [0.4, 0.5) is 0 Å². The first-order valence-corrected chi connectivity index (χ1v) is 7.09. The maximum absolute atomic E-state index is 6.25. The van der Waals surface area contributed by atoms with Crippen LogP contribution in [0.5, 0.6) is 0 Å². The van der Waals surface area contributed by atoms with Crippen molar-refractivity contribution >= 4 is 39.1 Å². The van der Waals surface area contributed by atoms with E-state index in [4.69, 9.17) is 27.6 Å². The Morgan fingerprint density at radius 3 is 2.67 bits per heavy atom. The van der Waals surface area contributed by atoms with E-state index in [2.05, 4.69) is 21.2 Å². The Bertz CT molecular complexity index is 542. The van der Waals surface area contributed by atoms with Crippen molar-refractivity contribution < 1.29 is 4.42 Å². The number of nitrogens with one attached hydrogen (secondary N) is 1. The van der Waals surface area contributed by atoms with Crippen LogP contribution >= 0.6 is 39.1 Å². The van der Waals surface area contributed by atoms with Gasteiger partial charge in [-0.2, -0.15) is 0 Å². The molecule has 1 unspecified atom stereocenters. The summed E-state index contributed by atoms with van der Waals surface area (Å²) in [6.45, 7) is 2.85. The molecule has 2 nitrogen and oxygen atoms in total. The van der Waals surface area contributed by atoms with Crippen molar-refractivity contribution in [2.45, 2.75) is 13.0 Å². The fraction of sp³-hybridized carbons (Fsp3) is 0.231. The molecule has 18 heavy (non-hydrogen) atoms. The van der Waals surface area contributed by atoms with E-state index in [0.29, 0.717) is 14.7 Å². The summed E-state index contributed by atoms with van der Waals surface area (Å²) < 4.78 is 5.98. The third kappa shape index (κ3) is 2.91. The summed E-state index contributed by atoms with van der Waals surface area (Å²) >= 11 is 15.7. The lowest BCUT2D eigenvalue weighted by Gasteiger charge is -2.19. The smallest absolute Gasteiger partial charge is 0.174 e. The van der Waals surface area contributed by atoms with E-state index in [1.54, 1.807) is 18.4 Å². The number of hydrogen-bond acceptors (Lipinski definition) is 2. The maximum atomic E-state index is 6.25. The van der Waals surface area contributed by atoms with E-state index >= 15 is 0 Å². The van der Waals surface area contributed by atoms with Gasteiger partial charge in [-0.15, -0.1) is 0 Å². The van der Waals surface area contributed by atoms with Crippen molar-refractivity contribution in [1.82, 2.24) is 5.32 Å². The zero-order valence-corrected chi connectivity index (χ0v) is 12.8. The van der Waals surface area contributed by atoms with Gasteiger partial charge in [0.15, 0.2) is 4.67 Å². The Morgan fingerprint density at radius 2 is 2.06 bits per heavy atom. The molecule has 2 aromatic rings. The summed E-state index contributed by atoms with van der Waals surface area (Å²) in [5.74, 6) is 0. The molecule has 0 radical (unpaired) electrons. The van der Waals surface area contributed by atoms with Crippen LogP contribution in [0.3, 0.4) is 0 Å². The number of rotatable bonds is 4. The van der Waals surface area contributed by atoms with Gasteiger partial charge >= 0.3 is 0 Å². The van der Waals surface area contributed by atoms with Crippen LogP contribution in [0.15, 0.2) is 39.6 Å². The second kappa shape index (κ2) is 6.11. The van der Waals surface area contributed by atoms with E-state index in [1.165, 1.54) is 0 Å². The van der Waals surface area contributed by atoms with Gasteiger partial charge in [-0.3, -0.25) is 0 Å². The Labute approximate surface area is 124 Å². The Hall–Kier alpha value is -0.480. The number of benzene rings is 1. The number of halogens is 3. The molecule has 2 rings (SSSR count). The third-order valence-corrected chi connectivity index (χ3v) is 3.86. The molecule has 1 aromatic heterocycles. The molecule has 0 aliphatic carbocycles. The van der Waals surface area contributed by atoms with E-state index in [1.807, 2.05) is 19.1 Å². The second-order valence-electron chi connectivity index (χ2n) is 3.81. The Kier molecular flexibility index (Phi) is 4.73. The van der Waals surface area contributed by atoms with E-state index < -0.39 is 0 Å². The lowest BCUT2D eigenvalue weighted by atomic mass is 10.0. The molecule has 1 aromatic carbocycles. The molecule has 0 aliphatic rings. The van der Waals surface area contributed by atoms with E-state index in [9.17, 15) is 0 Å². The zero-order valence-electron chi connectivity index (χ0n) is 9.71. The Morgan fingerprint density at radius 1 is 1.28 bits per heavy atom. The van der Waals surface area contributed by atoms with Gasteiger partial charge in [-0.25, -0.2) is 0 Å². The molecular weight excluding hydrogens is 337 g/mol. The van der Waals surface area contributed by atoms with Gasteiger partial charge in [0.2, 0.25) is 0 Å². The summed E-state index contributed by atoms with van der Waals surface area (Å²) in [6, 6.07) is 7.32. The molecule has 0 spiro atoms. The predicted molar refractivity (Wildman–Crippen MR) is 78.4 cm³/mol. The van der Waals surface area contributed by atoms with Crippen molar-refractivity contribution in [2.75, 3.05) is 6.54 Å². The van der Waals surface area contributed by atoms with Crippen LogP contribution in [-0.4, -0.2) is 6.54 Å². The molecule has 96 valence electrons. The number of furan rings is 1. The highest BCUT2D eigenvalue weighted by molar-refractivity contribution is 9.10. The molecule has 1 atom stereocenters. The maximum Gasteiger partial charge on any atom is 0.174 e. The minimum absolute atomic E-state index is 0.0469. The second-order valence-corrected chi connectivity index (χ2v) is 5.37. The van der Waals surface area contributed by atoms with Crippen molar-refractivity contribution in [3.63, 3.8) is 0 Å². The summed E-state index contributed by atoms with van der Waals surface area (Å²) in [5.41, 5.74) is 1.94. The fourth-order valence-electron chi connectivity index (χ4n) is 1.84. The Balaban J connectivity index is 2.48.